The maximum Gasteiger partial charge on any atom is 0.248 e. The quantitative estimate of drug-likeness (QED) is 0.834. The van der Waals surface area contributed by atoms with Crippen LogP contribution in [0, 0.1) is 0 Å². The van der Waals surface area contributed by atoms with Crippen molar-refractivity contribution >= 4 is 17.7 Å². The maximum atomic E-state index is 12.3. The van der Waals surface area contributed by atoms with Gasteiger partial charge < -0.3 is 5.32 Å². The number of anilines is 1. The summed E-state index contributed by atoms with van der Waals surface area (Å²) in [7, 11) is 0. The van der Waals surface area contributed by atoms with Crippen molar-refractivity contribution in [3.05, 3.63) is 59.7 Å². The third-order valence-corrected chi connectivity index (χ3v) is 3.61. The lowest BCUT2D eigenvalue weighted by molar-refractivity contribution is -0.111. The van der Waals surface area contributed by atoms with Gasteiger partial charge in [-0.1, -0.05) is 45.9 Å². The van der Waals surface area contributed by atoms with Crippen molar-refractivity contribution in [2.24, 2.45) is 0 Å². The van der Waals surface area contributed by atoms with Crippen LogP contribution < -0.4 is 5.32 Å². The van der Waals surface area contributed by atoms with Gasteiger partial charge in [-0.15, -0.1) is 0 Å². The van der Waals surface area contributed by atoms with Crippen LogP contribution in [-0.2, 0) is 4.79 Å². The van der Waals surface area contributed by atoms with Gasteiger partial charge in [0.2, 0.25) is 5.91 Å². The number of hydrogen-bond acceptors (Lipinski definition) is 3. The normalized spacial score (nSPS) is 11.4. The first-order chi connectivity index (χ1) is 11.0. The van der Waals surface area contributed by atoms with Gasteiger partial charge in [-0.25, -0.2) is 0 Å². The predicted molar refractivity (Wildman–Crippen MR) is 94.3 cm³/mol. The molecule has 23 heavy (non-hydrogen) atoms. The Bertz CT molecular complexity index is 665. The molecule has 0 aliphatic heterocycles. The highest BCUT2D eigenvalue weighted by Gasteiger charge is 2.14. The molecular formula is C19H23N3O. The van der Waals surface area contributed by atoms with Gasteiger partial charge in [-0.3, -0.25) is 14.8 Å². The summed E-state index contributed by atoms with van der Waals surface area (Å²) in [5.41, 5.74) is 3.88. The molecule has 1 heterocycles. The van der Waals surface area contributed by atoms with E-state index in [-0.39, 0.29) is 5.91 Å². The van der Waals surface area contributed by atoms with E-state index in [0.717, 1.165) is 16.8 Å². The molecule has 0 aliphatic carbocycles. The van der Waals surface area contributed by atoms with Gasteiger partial charge in [0, 0.05) is 24.2 Å². The van der Waals surface area contributed by atoms with Gasteiger partial charge >= 0.3 is 0 Å². The number of nitrogens with one attached hydrogen (secondary N) is 1. The van der Waals surface area contributed by atoms with E-state index in [0.29, 0.717) is 17.5 Å². The van der Waals surface area contributed by atoms with E-state index in [9.17, 15) is 4.79 Å². The fourth-order valence-corrected chi connectivity index (χ4v) is 2.42. The summed E-state index contributed by atoms with van der Waals surface area (Å²) in [5.74, 6) is 0.520. The van der Waals surface area contributed by atoms with E-state index in [4.69, 9.17) is 0 Å². The Morgan fingerprint density at radius 2 is 1.74 bits per heavy atom. The number of carbonyl (C=O) groups excluding carboxylic acids is 1. The molecule has 1 aromatic heterocycles. The number of nitrogens with zero attached hydrogens (tertiary/aromatic N) is 2. The average Bonchev–Trinajstić information content (AvgIpc) is 2.53. The van der Waals surface area contributed by atoms with Crippen molar-refractivity contribution in [1.82, 2.24) is 9.97 Å². The van der Waals surface area contributed by atoms with Crippen LogP contribution in [0.15, 0.2) is 42.9 Å². The standard InChI is InChI=1S/C19H23N3O/c1-13(2)16-6-5-7-17(14(3)4)19(16)22-18(23)9-8-15-12-20-10-11-21-15/h5-14H,1-4H3,(H,22,23)/b9-8+. The van der Waals surface area contributed by atoms with Crippen molar-refractivity contribution in [1.29, 1.82) is 0 Å². The number of benzene rings is 1. The van der Waals surface area contributed by atoms with Gasteiger partial charge in [0.15, 0.2) is 0 Å². The zero-order chi connectivity index (χ0) is 16.8. The van der Waals surface area contributed by atoms with E-state index in [1.54, 1.807) is 24.7 Å². The average molecular weight is 309 g/mol. The highest BCUT2D eigenvalue weighted by atomic mass is 16.1. The number of hydrogen-bond donors (Lipinski definition) is 1. The molecule has 1 N–H and O–H groups in total. The van der Waals surface area contributed by atoms with Crippen LogP contribution in [0.1, 0.15) is 56.4 Å². The molecule has 0 bridgehead atoms. The molecule has 0 aliphatic rings. The molecule has 1 amide bonds. The summed E-state index contributed by atoms with van der Waals surface area (Å²) in [4.78, 5) is 20.4. The molecule has 4 nitrogen and oxygen atoms in total. The van der Waals surface area contributed by atoms with Crippen LogP contribution >= 0.6 is 0 Å². The fourth-order valence-electron chi connectivity index (χ4n) is 2.42. The van der Waals surface area contributed by atoms with E-state index in [2.05, 4.69) is 61.2 Å². The number of carbonyl (C=O) groups is 1. The van der Waals surface area contributed by atoms with Crippen molar-refractivity contribution in [3.63, 3.8) is 0 Å². The zero-order valence-corrected chi connectivity index (χ0v) is 14.1. The molecule has 2 rings (SSSR count). The van der Waals surface area contributed by atoms with Crippen LogP contribution in [0.3, 0.4) is 0 Å². The van der Waals surface area contributed by atoms with E-state index in [1.165, 1.54) is 6.08 Å². The van der Waals surface area contributed by atoms with E-state index >= 15 is 0 Å². The Morgan fingerprint density at radius 1 is 1.09 bits per heavy atom. The zero-order valence-electron chi connectivity index (χ0n) is 14.1. The maximum absolute atomic E-state index is 12.3. The molecule has 0 atom stereocenters. The lowest BCUT2D eigenvalue weighted by Gasteiger charge is -2.19. The first-order valence-electron chi connectivity index (χ1n) is 7.87. The van der Waals surface area contributed by atoms with E-state index < -0.39 is 0 Å². The predicted octanol–water partition coefficient (Wildman–Crippen LogP) is 4.38. The van der Waals surface area contributed by atoms with Crippen molar-refractivity contribution in [2.45, 2.75) is 39.5 Å². The summed E-state index contributed by atoms with van der Waals surface area (Å²) < 4.78 is 0. The molecule has 120 valence electrons. The molecule has 0 fully saturated rings. The first-order valence-corrected chi connectivity index (χ1v) is 7.87. The number of rotatable bonds is 5. The minimum Gasteiger partial charge on any atom is -0.322 e. The summed E-state index contributed by atoms with van der Waals surface area (Å²) in [6.07, 6.45) is 7.97. The Labute approximate surface area is 137 Å². The van der Waals surface area contributed by atoms with Crippen LogP contribution in [0.2, 0.25) is 0 Å². The highest BCUT2D eigenvalue weighted by Crippen LogP contribution is 2.32. The summed E-state index contributed by atoms with van der Waals surface area (Å²) in [6.45, 7) is 8.52. The van der Waals surface area contributed by atoms with Crippen molar-refractivity contribution in [3.8, 4) is 0 Å². The number of amides is 1. The molecule has 0 unspecified atom stereocenters. The molecule has 0 saturated carbocycles. The number of para-hydroxylation sites is 1. The molecular weight excluding hydrogens is 286 g/mol. The Morgan fingerprint density at radius 3 is 2.26 bits per heavy atom. The second-order valence-corrected chi connectivity index (χ2v) is 6.07. The molecule has 0 spiro atoms. The topological polar surface area (TPSA) is 54.9 Å². The monoisotopic (exact) mass is 309 g/mol. The Hall–Kier alpha value is -2.49. The van der Waals surface area contributed by atoms with Crippen molar-refractivity contribution in [2.75, 3.05) is 5.32 Å². The molecule has 4 heteroatoms. The minimum absolute atomic E-state index is 0.161. The lowest BCUT2D eigenvalue weighted by atomic mass is 9.92. The Kier molecular flexibility index (Phi) is 5.63. The second kappa shape index (κ2) is 7.68. The highest BCUT2D eigenvalue weighted by molar-refractivity contribution is 6.02. The molecule has 0 saturated heterocycles. The van der Waals surface area contributed by atoms with Gasteiger partial charge in [-0.05, 0) is 29.0 Å². The van der Waals surface area contributed by atoms with Gasteiger partial charge in [0.1, 0.15) is 0 Å². The van der Waals surface area contributed by atoms with Gasteiger partial charge in [-0.2, -0.15) is 0 Å². The second-order valence-electron chi connectivity index (χ2n) is 6.07. The van der Waals surface area contributed by atoms with Gasteiger partial charge in [0.05, 0.1) is 11.9 Å². The summed E-state index contributed by atoms with van der Waals surface area (Å²) in [6, 6.07) is 6.19. The Balaban J connectivity index is 2.24. The van der Waals surface area contributed by atoms with Crippen LogP contribution in [0.4, 0.5) is 5.69 Å². The van der Waals surface area contributed by atoms with Crippen molar-refractivity contribution < 1.29 is 4.79 Å². The first kappa shape index (κ1) is 16.9. The molecule has 1 aromatic carbocycles. The molecule has 0 radical (unpaired) electrons. The van der Waals surface area contributed by atoms with Crippen LogP contribution in [0.5, 0.6) is 0 Å². The van der Waals surface area contributed by atoms with Crippen LogP contribution in [0.25, 0.3) is 6.08 Å². The lowest BCUT2D eigenvalue weighted by Crippen LogP contribution is -2.13. The third-order valence-electron chi connectivity index (χ3n) is 3.61. The SMILES string of the molecule is CC(C)c1cccc(C(C)C)c1NC(=O)/C=C/c1cnccn1. The minimum atomic E-state index is -0.161. The number of aromatic nitrogens is 2. The van der Waals surface area contributed by atoms with Gasteiger partial charge in [0.25, 0.3) is 0 Å². The fraction of sp³-hybridized carbons (Fsp3) is 0.316. The van der Waals surface area contributed by atoms with Crippen LogP contribution in [-0.4, -0.2) is 15.9 Å². The molecule has 2 aromatic rings. The van der Waals surface area contributed by atoms with E-state index in [1.807, 2.05) is 0 Å². The third kappa shape index (κ3) is 4.49. The summed E-state index contributed by atoms with van der Waals surface area (Å²) >= 11 is 0. The largest absolute Gasteiger partial charge is 0.322 e. The smallest absolute Gasteiger partial charge is 0.248 e. The summed E-state index contributed by atoms with van der Waals surface area (Å²) in [5, 5.41) is 3.04.